The Morgan fingerprint density at radius 3 is 2.65 bits per heavy atom. The second-order valence-corrected chi connectivity index (χ2v) is 5.90. The number of aromatic nitrogens is 2. The van der Waals surface area contributed by atoms with Crippen molar-refractivity contribution < 1.29 is 14.5 Å². The first kappa shape index (κ1) is 17.6. The number of amides is 1. The molecule has 0 spiro atoms. The van der Waals surface area contributed by atoms with Crippen molar-refractivity contribution in [2.45, 2.75) is 6.92 Å². The van der Waals surface area contributed by atoms with Crippen LogP contribution >= 0.6 is 0 Å². The van der Waals surface area contributed by atoms with Crippen LogP contribution < -0.4 is 9.64 Å². The highest BCUT2D eigenvalue weighted by Gasteiger charge is 2.23. The molecule has 0 unspecified atom stereocenters. The molecular formula is C17H19N5O4. The van der Waals surface area contributed by atoms with Crippen LogP contribution in [0.5, 0.6) is 5.75 Å². The Morgan fingerprint density at radius 1 is 1.23 bits per heavy atom. The summed E-state index contributed by atoms with van der Waals surface area (Å²) in [5.74, 6) is 0.753. The van der Waals surface area contributed by atoms with E-state index in [4.69, 9.17) is 4.74 Å². The van der Waals surface area contributed by atoms with Gasteiger partial charge < -0.3 is 14.5 Å². The van der Waals surface area contributed by atoms with Crippen molar-refractivity contribution in [2.75, 3.05) is 37.7 Å². The maximum absolute atomic E-state index is 12.3. The zero-order valence-corrected chi connectivity index (χ0v) is 14.4. The second-order valence-electron chi connectivity index (χ2n) is 5.90. The fourth-order valence-corrected chi connectivity index (χ4v) is 2.76. The van der Waals surface area contributed by atoms with Crippen molar-refractivity contribution >= 4 is 17.4 Å². The molecule has 1 aromatic heterocycles. The number of nitro benzene ring substituents is 1. The molecule has 1 aliphatic heterocycles. The Bertz CT molecular complexity index is 805. The molecule has 9 heteroatoms. The summed E-state index contributed by atoms with van der Waals surface area (Å²) in [6.07, 6.45) is 1.53. The minimum absolute atomic E-state index is 0.0981. The predicted octanol–water partition coefficient (Wildman–Crippen LogP) is 1.42. The molecule has 1 amide bonds. The van der Waals surface area contributed by atoms with Crippen LogP contribution in [0.25, 0.3) is 0 Å². The number of ether oxygens (including phenoxy) is 1. The first-order valence-electron chi connectivity index (χ1n) is 8.22. The van der Waals surface area contributed by atoms with E-state index in [0.29, 0.717) is 26.2 Å². The van der Waals surface area contributed by atoms with Crippen LogP contribution in [0.15, 0.2) is 36.7 Å². The third kappa shape index (κ3) is 4.05. The monoisotopic (exact) mass is 357 g/mol. The molecule has 0 bridgehead atoms. The van der Waals surface area contributed by atoms with Gasteiger partial charge in [-0.25, -0.2) is 9.97 Å². The highest BCUT2D eigenvalue weighted by atomic mass is 16.6. The lowest BCUT2D eigenvalue weighted by atomic mass is 10.3. The molecule has 1 aromatic carbocycles. The maximum Gasteiger partial charge on any atom is 0.310 e. The lowest BCUT2D eigenvalue weighted by Crippen LogP contribution is -2.50. The maximum atomic E-state index is 12.3. The van der Waals surface area contributed by atoms with Gasteiger partial charge in [-0.2, -0.15) is 0 Å². The molecule has 2 aromatic rings. The lowest BCUT2D eigenvalue weighted by molar-refractivity contribution is -0.385. The third-order valence-corrected chi connectivity index (χ3v) is 4.16. The number of nitro groups is 1. The van der Waals surface area contributed by atoms with Gasteiger partial charge in [-0.1, -0.05) is 12.1 Å². The van der Waals surface area contributed by atoms with Crippen molar-refractivity contribution in [3.8, 4) is 5.75 Å². The quantitative estimate of drug-likeness (QED) is 0.589. The first-order valence-corrected chi connectivity index (χ1v) is 8.22. The van der Waals surface area contributed by atoms with E-state index >= 15 is 0 Å². The smallest absolute Gasteiger partial charge is 0.310 e. The van der Waals surface area contributed by atoms with Crippen LogP contribution in [0, 0.1) is 17.0 Å². The molecule has 0 saturated carbocycles. The summed E-state index contributed by atoms with van der Waals surface area (Å²) in [7, 11) is 0. The van der Waals surface area contributed by atoms with Gasteiger partial charge in [0.1, 0.15) is 12.1 Å². The molecular weight excluding hydrogens is 338 g/mol. The first-order chi connectivity index (χ1) is 12.5. The van der Waals surface area contributed by atoms with Crippen molar-refractivity contribution in [3.63, 3.8) is 0 Å². The molecule has 2 heterocycles. The summed E-state index contributed by atoms with van der Waals surface area (Å²) in [4.78, 5) is 34.9. The Labute approximate surface area is 150 Å². The van der Waals surface area contributed by atoms with E-state index in [1.54, 1.807) is 17.0 Å². The number of para-hydroxylation sites is 2. The molecule has 3 rings (SSSR count). The number of piperazine rings is 1. The van der Waals surface area contributed by atoms with Crippen molar-refractivity contribution in [1.82, 2.24) is 14.9 Å². The standard InChI is InChI=1S/C17H19N5O4/c1-13-10-16(19-12-18-13)20-6-8-21(9-7-20)17(23)11-26-15-5-3-2-4-14(15)22(24)25/h2-5,10,12H,6-9,11H2,1H3. The van der Waals surface area contributed by atoms with Gasteiger partial charge in [-0.15, -0.1) is 0 Å². The van der Waals surface area contributed by atoms with Gasteiger partial charge in [0.25, 0.3) is 5.91 Å². The number of carbonyl (C=O) groups excluding carboxylic acids is 1. The number of hydrogen-bond acceptors (Lipinski definition) is 7. The van der Waals surface area contributed by atoms with Gasteiger partial charge in [0, 0.05) is 44.0 Å². The largest absolute Gasteiger partial charge is 0.477 e. The topological polar surface area (TPSA) is 102 Å². The fourth-order valence-electron chi connectivity index (χ4n) is 2.76. The molecule has 1 saturated heterocycles. The van der Waals surface area contributed by atoms with Crippen LogP contribution in [-0.4, -0.2) is 58.5 Å². The van der Waals surface area contributed by atoms with Crippen molar-refractivity contribution in [1.29, 1.82) is 0 Å². The Balaban J connectivity index is 1.54. The number of hydrogen-bond donors (Lipinski definition) is 0. The molecule has 26 heavy (non-hydrogen) atoms. The van der Waals surface area contributed by atoms with Crippen LogP contribution in [0.4, 0.5) is 11.5 Å². The summed E-state index contributed by atoms with van der Waals surface area (Å²) in [5, 5.41) is 11.0. The minimum Gasteiger partial charge on any atom is -0.477 e. The molecule has 1 aliphatic rings. The van der Waals surface area contributed by atoms with E-state index in [2.05, 4.69) is 14.9 Å². The third-order valence-electron chi connectivity index (χ3n) is 4.16. The highest BCUT2D eigenvalue weighted by molar-refractivity contribution is 5.78. The average molecular weight is 357 g/mol. The molecule has 0 atom stereocenters. The number of aryl methyl sites for hydroxylation is 1. The lowest BCUT2D eigenvalue weighted by Gasteiger charge is -2.35. The van der Waals surface area contributed by atoms with E-state index in [1.165, 1.54) is 18.5 Å². The average Bonchev–Trinajstić information content (AvgIpc) is 2.66. The minimum atomic E-state index is -0.526. The van der Waals surface area contributed by atoms with Gasteiger partial charge in [0.2, 0.25) is 0 Å². The molecule has 9 nitrogen and oxygen atoms in total. The fraction of sp³-hybridized carbons (Fsp3) is 0.353. The van der Waals surface area contributed by atoms with Gasteiger partial charge in [0.05, 0.1) is 4.92 Å². The SMILES string of the molecule is Cc1cc(N2CCN(C(=O)COc3ccccc3[N+](=O)[O-])CC2)ncn1. The van der Waals surface area contributed by atoms with Crippen LogP contribution in [0.2, 0.25) is 0 Å². The summed E-state index contributed by atoms with van der Waals surface area (Å²) < 4.78 is 5.37. The van der Waals surface area contributed by atoms with E-state index in [-0.39, 0.29) is 24.0 Å². The Hall–Kier alpha value is -3.23. The van der Waals surface area contributed by atoms with E-state index in [1.807, 2.05) is 13.0 Å². The summed E-state index contributed by atoms with van der Waals surface area (Å²) in [6.45, 7) is 4.09. The van der Waals surface area contributed by atoms with Gasteiger partial charge in [-0.3, -0.25) is 14.9 Å². The van der Waals surface area contributed by atoms with Crippen LogP contribution in [-0.2, 0) is 4.79 Å². The number of rotatable bonds is 5. The highest BCUT2D eigenvalue weighted by Crippen LogP contribution is 2.25. The van der Waals surface area contributed by atoms with E-state index < -0.39 is 4.92 Å². The number of anilines is 1. The zero-order chi connectivity index (χ0) is 18.5. The zero-order valence-electron chi connectivity index (χ0n) is 14.4. The Morgan fingerprint density at radius 2 is 1.96 bits per heavy atom. The second kappa shape index (κ2) is 7.77. The van der Waals surface area contributed by atoms with Crippen LogP contribution in [0.1, 0.15) is 5.69 Å². The van der Waals surface area contributed by atoms with E-state index in [9.17, 15) is 14.9 Å². The van der Waals surface area contributed by atoms with Crippen molar-refractivity contribution in [2.24, 2.45) is 0 Å². The number of benzene rings is 1. The molecule has 0 radical (unpaired) electrons. The predicted molar refractivity (Wildman–Crippen MR) is 94.2 cm³/mol. The van der Waals surface area contributed by atoms with Gasteiger partial charge in [-0.05, 0) is 13.0 Å². The number of carbonyl (C=O) groups is 1. The molecule has 0 N–H and O–H groups in total. The normalized spacial score (nSPS) is 14.2. The Kier molecular flexibility index (Phi) is 5.26. The van der Waals surface area contributed by atoms with Crippen LogP contribution in [0.3, 0.4) is 0 Å². The van der Waals surface area contributed by atoms with E-state index in [0.717, 1.165) is 11.5 Å². The number of nitrogens with zero attached hydrogens (tertiary/aromatic N) is 5. The van der Waals surface area contributed by atoms with Crippen molar-refractivity contribution in [3.05, 3.63) is 52.5 Å². The summed E-state index contributed by atoms with van der Waals surface area (Å²) in [5.41, 5.74) is 0.746. The summed E-state index contributed by atoms with van der Waals surface area (Å²) in [6, 6.07) is 7.94. The van der Waals surface area contributed by atoms with Gasteiger partial charge in [0.15, 0.2) is 12.4 Å². The molecule has 136 valence electrons. The summed E-state index contributed by atoms with van der Waals surface area (Å²) >= 11 is 0. The van der Waals surface area contributed by atoms with Gasteiger partial charge >= 0.3 is 5.69 Å². The molecule has 1 fully saturated rings. The molecule has 0 aliphatic carbocycles.